The van der Waals surface area contributed by atoms with Crippen LogP contribution in [0.5, 0.6) is 0 Å². The molecule has 1 rings (SSSR count). The third-order valence-electron chi connectivity index (χ3n) is 4.12. The Morgan fingerprint density at radius 3 is 2.21 bits per heavy atom. The van der Waals surface area contributed by atoms with Crippen molar-refractivity contribution in [3.8, 4) is 0 Å². The van der Waals surface area contributed by atoms with Crippen molar-refractivity contribution >= 4 is 0 Å². The van der Waals surface area contributed by atoms with Crippen LogP contribution in [0.2, 0.25) is 0 Å². The minimum absolute atomic E-state index is 0.342. The van der Waals surface area contributed by atoms with E-state index in [9.17, 15) is 0 Å². The summed E-state index contributed by atoms with van der Waals surface area (Å²) in [5, 5.41) is 0. The Balaban J connectivity index is 2.94. The molecular weight excluding hydrogens is 240 g/mol. The van der Waals surface area contributed by atoms with Crippen LogP contribution in [0.15, 0.2) is 12.3 Å². The van der Waals surface area contributed by atoms with Gasteiger partial charge < -0.3 is 14.2 Å². The minimum atomic E-state index is -0.411. The van der Waals surface area contributed by atoms with Crippen molar-refractivity contribution in [3.63, 3.8) is 0 Å². The predicted molar refractivity (Wildman–Crippen MR) is 77.9 cm³/mol. The largest absolute Gasteiger partial charge is 0.470 e. The lowest BCUT2D eigenvalue weighted by atomic mass is 9.84. The summed E-state index contributed by atoms with van der Waals surface area (Å²) < 4.78 is 18.4. The summed E-state index contributed by atoms with van der Waals surface area (Å²) in [6.07, 6.45) is 6.26. The van der Waals surface area contributed by atoms with Crippen LogP contribution in [0.1, 0.15) is 67.7 Å². The molecule has 0 aromatic rings. The molecule has 0 spiro atoms. The molecule has 2 unspecified atom stereocenters. The van der Waals surface area contributed by atoms with Crippen LogP contribution in [0, 0.1) is 0 Å². The van der Waals surface area contributed by atoms with E-state index < -0.39 is 5.60 Å². The van der Waals surface area contributed by atoms with Gasteiger partial charge in [-0.05, 0) is 53.5 Å². The maximum Gasteiger partial charge on any atom is 0.228 e. The predicted octanol–water partition coefficient (Wildman–Crippen LogP) is 4.42. The molecule has 0 N–H and O–H groups in total. The van der Waals surface area contributed by atoms with Gasteiger partial charge in [-0.25, -0.2) is 0 Å². The van der Waals surface area contributed by atoms with Gasteiger partial charge in [-0.3, -0.25) is 0 Å². The lowest BCUT2D eigenvalue weighted by Crippen LogP contribution is -2.65. The second-order valence-corrected chi connectivity index (χ2v) is 6.55. The lowest BCUT2D eigenvalue weighted by molar-refractivity contribution is -0.378. The lowest BCUT2D eigenvalue weighted by Gasteiger charge is -2.55. The second kappa shape index (κ2) is 5.84. The topological polar surface area (TPSA) is 27.7 Å². The Morgan fingerprint density at radius 1 is 1.05 bits per heavy atom. The van der Waals surface area contributed by atoms with Gasteiger partial charge in [0.05, 0.1) is 17.5 Å². The molecule has 1 fully saturated rings. The molecule has 0 aromatic heterocycles. The first-order valence-electron chi connectivity index (χ1n) is 7.37. The van der Waals surface area contributed by atoms with E-state index in [1.165, 1.54) is 0 Å². The van der Waals surface area contributed by atoms with Gasteiger partial charge >= 0.3 is 0 Å². The first-order valence-corrected chi connectivity index (χ1v) is 7.37. The van der Waals surface area contributed by atoms with Crippen LogP contribution in [0.25, 0.3) is 0 Å². The molecule has 3 heteroatoms. The Morgan fingerprint density at radius 2 is 1.68 bits per heavy atom. The third-order valence-corrected chi connectivity index (χ3v) is 4.12. The number of hydrogen-bond acceptors (Lipinski definition) is 3. The van der Waals surface area contributed by atoms with Gasteiger partial charge in [-0.2, -0.15) is 0 Å². The first-order chi connectivity index (χ1) is 8.68. The molecule has 3 nitrogen and oxygen atoms in total. The summed E-state index contributed by atoms with van der Waals surface area (Å²) in [7, 11) is 0. The summed E-state index contributed by atoms with van der Waals surface area (Å²) in [5.74, 6) is 0. The van der Waals surface area contributed by atoms with E-state index >= 15 is 0 Å². The molecule has 0 aliphatic carbocycles. The Hall–Kier alpha value is -0.540. The molecule has 0 bridgehead atoms. The molecule has 1 aliphatic rings. The Labute approximate surface area is 118 Å². The van der Waals surface area contributed by atoms with Crippen molar-refractivity contribution in [3.05, 3.63) is 12.3 Å². The van der Waals surface area contributed by atoms with Gasteiger partial charge in [-0.15, -0.1) is 0 Å². The molecule has 1 aliphatic heterocycles. The van der Waals surface area contributed by atoms with Crippen LogP contribution < -0.4 is 0 Å². The van der Waals surface area contributed by atoms with Crippen molar-refractivity contribution in [2.24, 2.45) is 0 Å². The van der Waals surface area contributed by atoms with Gasteiger partial charge in [0.15, 0.2) is 0 Å². The number of ether oxygens (including phenoxy) is 3. The van der Waals surface area contributed by atoms with Crippen molar-refractivity contribution in [1.82, 2.24) is 0 Å². The van der Waals surface area contributed by atoms with Crippen molar-refractivity contribution in [2.75, 3.05) is 0 Å². The maximum absolute atomic E-state index is 6.38. The number of rotatable bonds is 5. The second-order valence-electron chi connectivity index (χ2n) is 6.55. The van der Waals surface area contributed by atoms with Crippen molar-refractivity contribution in [1.29, 1.82) is 0 Å². The zero-order chi connectivity index (χ0) is 14.7. The zero-order valence-corrected chi connectivity index (χ0v) is 13.6. The van der Waals surface area contributed by atoms with E-state index in [-0.39, 0.29) is 17.5 Å². The van der Waals surface area contributed by atoms with Crippen molar-refractivity contribution in [2.45, 2.75) is 90.8 Å². The van der Waals surface area contributed by atoms with Gasteiger partial charge in [0.25, 0.3) is 0 Å². The average molecular weight is 270 g/mol. The summed E-state index contributed by atoms with van der Waals surface area (Å²) in [5.41, 5.74) is -1.14. The monoisotopic (exact) mass is 270 g/mol. The average Bonchev–Trinajstić information content (AvgIpc) is 2.25. The molecule has 0 radical (unpaired) electrons. The van der Waals surface area contributed by atoms with Crippen LogP contribution in [-0.2, 0) is 14.2 Å². The molecule has 1 saturated heterocycles. The van der Waals surface area contributed by atoms with E-state index in [1.807, 2.05) is 6.08 Å². The van der Waals surface area contributed by atoms with Crippen LogP contribution in [-0.4, -0.2) is 23.1 Å². The molecule has 0 amide bonds. The Kier molecular flexibility index (Phi) is 5.08. The highest BCUT2D eigenvalue weighted by molar-refractivity contribution is 5.00. The zero-order valence-electron chi connectivity index (χ0n) is 13.6. The van der Waals surface area contributed by atoms with E-state index in [2.05, 4.69) is 48.5 Å². The fraction of sp³-hybridized carbons (Fsp3) is 0.875. The SMILES string of the molecule is CCC=COC1OC(C)(C)C(C)(C)OC1(C)CCC. The summed E-state index contributed by atoms with van der Waals surface area (Å²) in [6, 6.07) is 0. The van der Waals surface area contributed by atoms with Gasteiger partial charge in [-0.1, -0.05) is 20.3 Å². The molecule has 0 saturated carbocycles. The molecule has 19 heavy (non-hydrogen) atoms. The third kappa shape index (κ3) is 3.51. The maximum atomic E-state index is 6.38. The fourth-order valence-corrected chi connectivity index (χ4v) is 2.35. The first kappa shape index (κ1) is 16.5. The standard InChI is InChI=1S/C16H30O3/c1-8-10-12-17-13-16(7,11-9-2)19-15(5,6)14(3,4)18-13/h10,12-13H,8-9,11H2,1-7H3. The van der Waals surface area contributed by atoms with Crippen LogP contribution in [0.3, 0.4) is 0 Å². The van der Waals surface area contributed by atoms with Crippen LogP contribution >= 0.6 is 0 Å². The van der Waals surface area contributed by atoms with Gasteiger partial charge in [0.1, 0.15) is 5.60 Å². The van der Waals surface area contributed by atoms with E-state index in [4.69, 9.17) is 14.2 Å². The van der Waals surface area contributed by atoms with E-state index in [0.29, 0.717) is 0 Å². The van der Waals surface area contributed by atoms with Gasteiger partial charge in [0, 0.05) is 0 Å². The fourth-order valence-electron chi connectivity index (χ4n) is 2.35. The minimum Gasteiger partial charge on any atom is -0.470 e. The molecule has 112 valence electrons. The summed E-state index contributed by atoms with van der Waals surface area (Å²) >= 11 is 0. The highest BCUT2D eigenvalue weighted by atomic mass is 16.7. The quantitative estimate of drug-likeness (QED) is 0.692. The smallest absolute Gasteiger partial charge is 0.228 e. The molecule has 0 aromatic carbocycles. The summed E-state index contributed by atoms with van der Waals surface area (Å²) in [4.78, 5) is 0. The normalized spacial score (nSPS) is 33.5. The highest BCUT2D eigenvalue weighted by Gasteiger charge is 2.55. The van der Waals surface area contributed by atoms with E-state index in [1.54, 1.807) is 6.26 Å². The van der Waals surface area contributed by atoms with Gasteiger partial charge in [0.2, 0.25) is 6.29 Å². The Bertz CT molecular complexity index is 320. The molecule has 1 heterocycles. The van der Waals surface area contributed by atoms with E-state index in [0.717, 1.165) is 19.3 Å². The number of allylic oxidation sites excluding steroid dienone is 1. The van der Waals surface area contributed by atoms with Crippen LogP contribution in [0.4, 0.5) is 0 Å². The highest BCUT2D eigenvalue weighted by Crippen LogP contribution is 2.44. The molecule has 2 atom stereocenters. The number of hydrogen-bond donors (Lipinski definition) is 0. The molecular formula is C16H30O3. The summed E-state index contributed by atoms with van der Waals surface area (Å²) in [6.45, 7) is 14.6. The van der Waals surface area contributed by atoms with Crippen molar-refractivity contribution < 1.29 is 14.2 Å².